The minimum Gasteiger partial charge on any atom is -0.318 e. The molecule has 18 heavy (non-hydrogen) atoms. The summed E-state index contributed by atoms with van der Waals surface area (Å²) in [5.41, 5.74) is 7.77. The van der Waals surface area contributed by atoms with E-state index in [1.54, 1.807) is 24.8 Å². The molecule has 0 saturated carbocycles. The Balaban J connectivity index is 2.15. The van der Waals surface area contributed by atoms with E-state index in [-0.39, 0.29) is 6.04 Å². The van der Waals surface area contributed by atoms with Gasteiger partial charge in [0.05, 0.1) is 23.6 Å². The van der Waals surface area contributed by atoms with Crippen LogP contribution in [0.3, 0.4) is 0 Å². The number of pyridine rings is 1. The largest absolute Gasteiger partial charge is 0.318 e. The van der Waals surface area contributed by atoms with Gasteiger partial charge in [-0.05, 0) is 11.5 Å². The molecule has 1 unspecified atom stereocenters. The first-order valence-electron chi connectivity index (χ1n) is 5.71. The summed E-state index contributed by atoms with van der Waals surface area (Å²) >= 11 is 0. The minimum atomic E-state index is -0.357. The average Bonchev–Trinajstić information content (AvgIpc) is 2.47. The summed E-state index contributed by atoms with van der Waals surface area (Å²) < 4.78 is 0. The first-order chi connectivity index (χ1) is 8.86. The minimum absolute atomic E-state index is 0.357. The van der Waals surface area contributed by atoms with Gasteiger partial charge < -0.3 is 5.73 Å². The molecule has 2 aromatic heterocycles. The van der Waals surface area contributed by atoms with Gasteiger partial charge in [-0.25, -0.2) is 0 Å². The van der Waals surface area contributed by atoms with Gasteiger partial charge in [0, 0.05) is 24.0 Å². The summed E-state index contributed by atoms with van der Waals surface area (Å²) in [6.07, 6.45) is 6.72. The molecule has 0 aliphatic carbocycles. The Hall–Kier alpha value is -2.33. The van der Waals surface area contributed by atoms with Crippen LogP contribution in [0.25, 0.3) is 10.8 Å². The first kappa shape index (κ1) is 10.8. The molecule has 2 N–H and O–H groups in total. The lowest BCUT2D eigenvalue weighted by atomic mass is 10.0. The number of aromatic nitrogens is 3. The SMILES string of the molecule is NC(c1cnccn1)c1nccc2ccccc12. The van der Waals surface area contributed by atoms with Gasteiger partial charge in [-0.2, -0.15) is 0 Å². The number of benzene rings is 1. The molecule has 4 heteroatoms. The highest BCUT2D eigenvalue weighted by atomic mass is 14.9. The molecule has 0 fully saturated rings. The number of hydrogen-bond acceptors (Lipinski definition) is 4. The van der Waals surface area contributed by atoms with E-state index in [9.17, 15) is 0 Å². The predicted molar refractivity (Wildman–Crippen MR) is 69.8 cm³/mol. The Morgan fingerprint density at radius 3 is 2.67 bits per heavy atom. The molecule has 0 spiro atoms. The summed E-state index contributed by atoms with van der Waals surface area (Å²) in [6, 6.07) is 9.67. The second-order valence-corrected chi connectivity index (χ2v) is 4.03. The molecule has 88 valence electrons. The van der Waals surface area contributed by atoms with Crippen molar-refractivity contribution in [1.82, 2.24) is 15.0 Å². The predicted octanol–water partition coefficient (Wildman–Crippen LogP) is 2.07. The third kappa shape index (κ3) is 1.83. The zero-order valence-corrected chi connectivity index (χ0v) is 9.69. The van der Waals surface area contributed by atoms with E-state index in [0.29, 0.717) is 0 Å². The maximum Gasteiger partial charge on any atom is 0.0922 e. The Morgan fingerprint density at radius 1 is 0.944 bits per heavy atom. The average molecular weight is 236 g/mol. The van der Waals surface area contributed by atoms with Crippen LogP contribution in [-0.4, -0.2) is 15.0 Å². The van der Waals surface area contributed by atoms with Gasteiger partial charge in [0.15, 0.2) is 0 Å². The molecular formula is C14H12N4. The zero-order chi connectivity index (χ0) is 12.4. The smallest absolute Gasteiger partial charge is 0.0922 e. The Labute approximate surface area is 105 Å². The highest BCUT2D eigenvalue weighted by Crippen LogP contribution is 2.23. The van der Waals surface area contributed by atoms with Crippen LogP contribution in [0.5, 0.6) is 0 Å². The second-order valence-electron chi connectivity index (χ2n) is 4.03. The van der Waals surface area contributed by atoms with E-state index in [1.165, 1.54) is 0 Å². The summed E-state index contributed by atoms with van der Waals surface area (Å²) in [6.45, 7) is 0. The Bertz CT molecular complexity index is 661. The van der Waals surface area contributed by atoms with Gasteiger partial charge in [0.2, 0.25) is 0 Å². The van der Waals surface area contributed by atoms with Crippen molar-refractivity contribution in [2.45, 2.75) is 6.04 Å². The maximum atomic E-state index is 6.22. The van der Waals surface area contributed by atoms with E-state index < -0.39 is 0 Å². The number of hydrogen-bond donors (Lipinski definition) is 1. The van der Waals surface area contributed by atoms with Crippen LogP contribution in [0.2, 0.25) is 0 Å². The first-order valence-corrected chi connectivity index (χ1v) is 5.71. The third-order valence-corrected chi connectivity index (χ3v) is 2.90. The van der Waals surface area contributed by atoms with Gasteiger partial charge in [-0.15, -0.1) is 0 Å². The fraction of sp³-hybridized carbons (Fsp3) is 0.0714. The maximum absolute atomic E-state index is 6.22. The summed E-state index contributed by atoms with van der Waals surface area (Å²) in [7, 11) is 0. The quantitative estimate of drug-likeness (QED) is 0.739. The molecule has 4 nitrogen and oxygen atoms in total. The van der Waals surface area contributed by atoms with Crippen molar-refractivity contribution in [3.05, 3.63) is 66.5 Å². The molecule has 2 heterocycles. The Morgan fingerprint density at radius 2 is 1.83 bits per heavy atom. The molecule has 3 rings (SSSR count). The lowest BCUT2D eigenvalue weighted by Crippen LogP contribution is -2.15. The lowest BCUT2D eigenvalue weighted by Gasteiger charge is -2.12. The van der Waals surface area contributed by atoms with Crippen LogP contribution in [0.15, 0.2) is 55.1 Å². The molecule has 0 aliphatic heterocycles. The molecule has 3 aromatic rings. The van der Waals surface area contributed by atoms with Crippen molar-refractivity contribution in [2.24, 2.45) is 5.73 Å². The lowest BCUT2D eigenvalue weighted by molar-refractivity contribution is 0.795. The monoisotopic (exact) mass is 236 g/mol. The van der Waals surface area contributed by atoms with E-state index in [0.717, 1.165) is 22.2 Å². The van der Waals surface area contributed by atoms with Crippen molar-refractivity contribution < 1.29 is 0 Å². The number of rotatable bonds is 2. The second kappa shape index (κ2) is 4.50. The van der Waals surface area contributed by atoms with Crippen molar-refractivity contribution in [3.63, 3.8) is 0 Å². The van der Waals surface area contributed by atoms with Crippen molar-refractivity contribution >= 4 is 10.8 Å². The van der Waals surface area contributed by atoms with E-state index in [1.807, 2.05) is 30.3 Å². The molecular weight excluding hydrogens is 224 g/mol. The van der Waals surface area contributed by atoms with Crippen molar-refractivity contribution in [2.75, 3.05) is 0 Å². The molecule has 0 saturated heterocycles. The normalized spacial score (nSPS) is 12.5. The number of fused-ring (bicyclic) bond motifs is 1. The molecule has 0 aliphatic rings. The van der Waals surface area contributed by atoms with Crippen LogP contribution in [0.4, 0.5) is 0 Å². The molecule has 1 aromatic carbocycles. The zero-order valence-electron chi connectivity index (χ0n) is 9.69. The highest BCUT2D eigenvalue weighted by Gasteiger charge is 2.14. The molecule has 1 atom stereocenters. The number of nitrogens with zero attached hydrogens (tertiary/aromatic N) is 3. The van der Waals surface area contributed by atoms with Crippen LogP contribution >= 0.6 is 0 Å². The molecule has 0 bridgehead atoms. The van der Waals surface area contributed by atoms with Gasteiger partial charge in [0.1, 0.15) is 0 Å². The highest BCUT2D eigenvalue weighted by molar-refractivity contribution is 5.84. The van der Waals surface area contributed by atoms with Gasteiger partial charge in [-0.1, -0.05) is 24.3 Å². The summed E-state index contributed by atoms with van der Waals surface area (Å²) in [4.78, 5) is 12.7. The van der Waals surface area contributed by atoms with Crippen molar-refractivity contribution in [1.29, 1.82) is 0 Å². The van der Waals surface area contributed by atoms with E-state index in [4.69, 9.17) is 5.73 Å². The van der Waals surface area contributed by atoms with Crippen LogP contribution in [0.1, 0.15) is 17.4 Å². The standard InChI is InChI=1S/C14H12N4/c15-13(12-9-16-7-8-17-12)14-11-4-2-1-3-10(11)5-6-18-14/h1-9,13H,15H2. The van der Waals surface area contributed by atoms with Crippen LogP contribution < -0.4 is 5.73 Å². The summed E-state index contributed by atoms with van der Waals surface area (Å²) in [5.74, 6) is 0. The third-order valence-electron chi connectivity index (χ3n) is 2.90. The fourth-order valence-electron chi connectivity index (χ4n) is 2.00. The van der Waals surface area contributed by atoms with Crippen molar-refractivity contribution in [3.8, 4) is 0 Å². The Kier molecular flexibility index (Phi) is 2.70. The van der Waals surface area contributed by atoms with Gasteiger partial charge >= 0.3 is 0 Å². The van der Waals surface area contributed by atoms with Crippen LogP contribution in [0, 0.1) is 0 Å². The summed E-state index contributed by atoms with van der Waals surface area (Å²) in [5, 5.41) is 2.18. The van der Waals surface area contributed by atoms with Gasteiger partial charge in [-0.3, -0.25) is 15.0 Å². The topological polar surface area (TPSA) is 64.7 Å². The number of nitrogens with two attached hydrogens (primary N) is 1. The molecule has 0 amide bonds. The van der Waals surface area contributed by atoms with Gasteiger partial charge in [0.25, 0.3) is 0 Å². The van der Waals surface area contributed by atoms with E-state index >= 15 is 0 Å². The molecule has 0 radical (unpaired) electrons. The fourth-order valence-corrected chi connectivity index (χ4v) is 2.00. The van der Waals surface area contributed by atoms with E-state index in [2.05, 4.69) is 15.0 Å². The van der Waals surface area contributed by atoms with Crippen LogP contribution in [-0.2, 0) is 0 Å².